The molecule has 31 heavy (non-hydrogen) atoms. The van der Waals surface area contributed by atoms with E-state index in [2.05, 4.69) is 36.1 Å². The predicted octanol–water partition coefficient (Wildman–Crippen LogP) is 3.31. The minimum absolute atomic E-state index is 0.197. The van der Waals surface area contributed by atoms with Gasteiger partial charge in [0.2, 0.25) is 10.0 Å². The van der Waals surface area contributed by atoms with Crippen LogP contribution in [0.2, 0.25) is 0 Å². The Morgan fingerprint density at radius 1 is 1.10 bits per heavy atom. The third-order valence-electron chi connectivity index (χ3n) is 6.46. The van der Waals surface area contributed by atoms with Gasteiger partial charge < -0.3 is 9.47 Å². The molecule has 4 rings (SSSR count). The molecule has 1 fully saturated rings. The number of sulfonamides is 1. The van der Waals surface area contributed by atoms with E-state index in [1.165, 1.54) is 11.1 Å². The second-order valence-electron chi connectivity index (χ2n) is 8.83. The highest BCUT2D eigenvalue weighted by atomic mass is 32.2. The standard InChI is InChI=1S/C24H32N2O4S/c1-20-6-5-7-21(16-20)17-25-12-10-24(11-13-25)18-26(14-15-29-2)31(27,28)23-9-4-3-8-22(23)30-19-24/h3-9,16H,10-15,17-19H2,1-2H3. The van der Waals surface area contributed by atoms with E-state index in [9.17, 15) is 8.42 Å². The summed E-state index contributed by atoms with van der Waals surface area (Å²) in [5.41, 5.74) is 2.40. The Labute approximate surface area is 185 Å². The van der Waals surface area contributed by atoms with Gasteiger partial charge in [0, 0.05) is 32.2 Å². The Morgan fingerprint density at radius 2 is 1.87 bits per heavy atom. The molecule has 168 valence electrons. The first-order chi connectivity index (χ1) is 14.9. The van der Waals surface area contributed by atoms with E-state index in [0.29, 0.717) is 32.1 Å². The molecule has 0 aliphatic carbocycles. The second-order valence-corrected chi connectivity index (χ2v) is 10.7. The molecule has 7 heteroatoms. The second kappa shape index (κ2) is 9.28. The molecule has 2 aliphatic rings. The molecule has 1 spiro atoms. The van der Waals surface area contributed by atoms with Gasteiger partial charge in [-0.25, -0.2) is 8.42 Å². The summed E-state index contributed by atoms with van der Waals surface area (Å²) in [7, 11) is -2.04. The van der Waals surface area contributed by atoms with Crippen LogP contribution in [-0.4, -0.2) is 64.1 Å². The van der Waals surface area contributed by atoms with Crippen molar-refractivity contribution in [2.75, 3.05) is 46.5 Å². The van der Waals surface area contributed by atoms with Crippen LogP contribution in [0.5, 0.6) is 5.75 Å². The summed E-state index contributed by atoms with van der Waals surface area (Å²) >= 11 is 0. The number of para-hydroxylation sites is 1. The first kappa shape index (κ1) is 22.3. The smallest absolute Gasteiger partial charge is 0.246 e. The van der Waals surface area contributed by atoms with Gasteiger partial charge in [0.25, 0.3) is 0 Å². The number of hydrogen-bond donors (Lipinski definition) is 0. The first-order valence-electron chi connectivity index (χ1n) is 10.9. The van der Waals surface area contributed by atoms with Gasteiger partial charge >= 0.3 is 0 Å². The van der Waals surface area contributed by atoms with Gasteiger partial charge in [-0.3, -0.25) is 4.90 Å². The van der Waals surface area contributed by atoms with Crippen molar-refractivity contribution in [2.45, 2.75) is 31.2 Å². The maximum absolute atomic E-state index is 13.4. The molecule has 0 aromatic heterocycles. The number of benzene rings is 2. The van der Waals surface area contributed by atoms with E-state index in [0.717, 1.165) is 32.5 Å². The number of methoxy groups -OCH3 is 1. The average Bonchev–Trinajstić information content (AvgIpc) is 2.76. The molecule has 1 saturated heterocycles. The number of rotatable bonds is 5. The molecule has 0 N–H and O–H groups in total. The fourth-order valence-electron chi connectivity index (χ4n) is 4.61. The van der Waals surface area contributed by atoms with Gasteiger partial charge in [0.15, 0.2) is 0 Å². The minimum atomic E-state index is -3.64. The Bertz CT molecular complexity index is 1000. The summed E-state index contributed by atoms with van der Waals surface area (Å²) in [6.07, 6.45) is 1.81. The lowest BCUT2D eigenvalue weighted by molar-refractivity contribution is 0.0290. The van der Waals surface area contributed by atoms with Crippen LogP contribution in [0.15, 0.2) is 53.4 Å². The molecule has 2 aliphatic heterocycles. The molecule has 2 aromatic rings. The van der Waals surface area contributed by atoms with E-state index < -0.39 is 10.0 Å². The fraction of sp³-hybridized carbons (Fsp3) is 0.500. The zero-order chi connectivity index (χ0) is 21.9. The van der Waals surface area contributed by atoms with Gasteiger partial charge in [-0.2, -0.15) is 4.31 Å². The summed E-state index contributed by atoms with van der Waals surface area (Å²) in [5, 5.41) is 0. The number of hydrogen-bond acceptors (Lipinski definition) is 5. The van der Waals surface area contributed by atoms with Gasteiger partial charge in [-0.1, -0.05) is 42.0 Å². The number of fused-ring (bicyclic) bond motifs is 1. The number of piperidine rings is 1. The lowest BCUT2D eigenvalue weighted by Gasteiger charge is -2.45. The van der Waals surface area contributed by atoms with Gasteiger partial charge in [-0.15, -0.1) is 0 Å². The zero-order valence-electron chi connectivity index (χ0n) is 18.4. The van der Waals surface area contributed by atoms with Crippen LogP contribution in [0.3, 0.4) is 0 Å². The SMILES string of the molecule is COCCN1CC2(CCN(Cc3cccc(C)c3)CC2)COc2ccccc2S1(=O)=O. The van der Waals surface area contributed by atoms with Gasteiger partial charge in [0.1, 0.15) is 10.6 Å². The Morgan fingerprint density at radius 3 is 2.61 bits per heavy atom. The van der Waals surface area contributed by atoms with Crippen molar-refractivity contribution in [3.8, 4) is 5.75 Å². The molecule has 0 bridgehead atoms. The lowest BCUT2D eigenvalue weighted by atomic mass is 9.78. The minimum Gasteiger partial charge on any atom is -0.492 e. The third-order valence-corrected chi connectivity index (χ3v) is 8.35. The van der Waals surface area contributed by atoms with E-state index in [1.54, 1.807) is 29.6 Å². The van der Waals surface area contributed by atoms with Crippen molar-refractivity contribution in [2.24, 2.45) is 5.41 Å². The molecular weight excluding hydrogens is 412 g/mol. The van der Waals surface area contributed by atoms with Gasteiger partial charge in [-0.05, 0) is 50.6 Å². The monoisotopic (exact) mass is 444 g/mol. The highest BCUT2D eigenvalue weighted by molar-refractivity contribution is 7.89. The summed E-state index contributed by atoms with van der Waals surface area (Å²) in [5.74, 6) is 0.450. The summed E-state index contributed by atoms with van der Waals surface area (Å²) in [6.45, 7) is 6.61. The van der Waals surface area contributed by atoms with Crippen LogP contribution in [0.1, 0.15) is 24.0 Å². The quantitative estimate of drug-likeness (QED) is 0.708. The highest BCUT2D eigenvalue weighted by Gasteiger charge is 2.42. The third kappa shape index (κ3) is 4.95. The van der Waals surface area contributed by atoms with Crippen molar-refractivity contribution in [3.63, 3.8) is 0 Å². The van der Waals surface area contributed by atoms with Gasteiger partial charge in [0.05, 0.1) is 13.2 Å². The van der Waals surface area contributed by atoms with Crippen LogP contribution in [0, 0.1) is 12.3 Å². The number of aryl methyl sites for hydroxylation is 1. The van der Waals surface area contributed by atoms with Crippen molar-refractivity contribution in [1.82, 2.24) is 9.21 Å². The number of likely N-dealkylation sites (tertiary alicyclic amines) is 1. The fourth-order valence-corrected chi connectivity index (χ4v) is 6.27. The summed E-state index contributed by atoms with van der Waals surface area (Å²) in [4.78, 5) is 2.71. The molecule has 0 radical (unpaired) electrons. The Hall–Kier alpha value is -1.93. The van der Waals surface area contributed by atoms with E-state index in [1.807, 2.05) is 6.07 Å². The zero-order valence-corrected chi connectivity index (χ0v) is 19.2. The molecule has 0 atom stereocenters. The van der Waals surface area contributed by atoms with Crippen molar-refractivity contribution < 1.29 is 17.9 Å². The maximum Gasteiger partial charge on any atom is 0.246 e. The molecule has 0 saturated carbocycles. The Kier molecular flexibility index (Phi) is 6.67. The topological polar surface area (TPSA) is 59.1 Å². The molecule has 6 nitrogen and oxygen atoms in total. The van der Waals surface area contributed by atoms with Crippen LogP contribution in [0.4, 0.5) is 0 Å². The van der Waals surface area contributed by atoms with E-state index >= 15 is 0 Å². The number of nitrogens with zero attached hydrogens (tertiary/aromatic N) is 2. The Balaban J connectivity index is 1.53. The molecule has 0 amide bonds. The van der Waals surface area contributed by atoms with Crippen LogP contribution < -0.4 is 4.74 Å². The highest BCUT2D eigenvalue weighted by Crippen LogP contribution is 2.39. The van der Waals surface area contributed by atoms with Crippen molar-refractivity contribution >= 4 is 10.0 Å². The van der Waals surface area contributed by atoms with Crippen molar-refractivity contribution in [3.05, 3.63) is 59.7 Å². The average molecular weight is 445 g/mol. The molecule has 2 heterocycles. The maximum atomic E-state index is 13.4. The largest absolute Gasteiger partial charge is 0.492 e. The predicted molar refractivity (Wildman–Crippen MR) is 121 cm³/mol. The van der Waals surface area contributed by atoms with Crippen LogP contribution in [-0.2, 0) is 21.3 Å². The summed E-state index contributed by atoms with van der Waals surface area (Å²) in [6, 6.07) is 15.6. The molecule has 0 unspecified atom stereocenters. The first-order valence-corrected chi connectivity index (χ1v) is 12.3. The van der Waals surface area contributed by atoms with Crippen molar-refractivity contribution in [1.29, 1.82) is 0 Å². The normalized spacial score (nSPS) is 21.1. The molecular formula is C24H32N2O4S. The summed E-state index contributed by atoms with van der Waals surface area (Å²) < 4.78 is 39.8. The molecule has 2 aromatic carbocycles. The van der Waals surface area contributed by atoms with Crippen LogP contribution >= 0.6 is 0 Å². The lowest BCUT2D eigenvalue weighted by Crippen LogP contribution is -2.51. The van der Waals surface area contributed by atoms with E-state index in [4.69, 9.17) is 9.47 Å². The number of ether oxygens (including phenoxy) is 2. The van der Waals surface area contributed by atoms with E-state index in [-0.39, 0.29) is 10.3 Å². The van der Waals surface area contributed by atoms with Crippen LogP contribution in [0.25, 0.3) is 0 Å².